The smallest absolute Gasteiger partial charge is 0.275 e. The van der Waals surface area contributed by atoms with Gasteiger partial charge in [0.2, 0.25) is 0 Å². The highest BCUT2D eigenvalue weighted by molar-refractivity contribution is 7.92. The van der Waals surface area contributed by atoms with Gasteiger partial charge in [-0.2, -0.15) is 0 Å². The van der Waals surface area contributed by atoms with Gasteiger partial charge in [-0.1, -0.05) is 24.3 Å². The Hall–Kier alpha value is -2.38. The maximum absolute atomic E-state index is 12.5. The molecule has 0 atom stereocenters. The molecule has 0 radical (unpaired) electrons. The summed E-state index contributed by atoms with van der Waals surface area (Å²) in [7, 11) is -2.48. The molecule has 23 heavy (non-hydrogen) atoms. The highest BCUT2D eigenvalue weighted by Crippen LogP contribution is 2.21. The highest BCUT2D eigenvalue weighted by atomic mass is 32.2. The first kappa shape index (κ1) is 17.0. The van der Waals surface area contributed by atoms with E-state index < -0.39 is 15.9 Å². The first-order valence-corrected chi connectivity index (χ1v) is 8.36. The van der Waals surface area contributed by atoms with E-state index >= 15 is 0 Å². The van der Waals surface area contributed by atoms with Gasteiger partial charge in [-0.15, -0.1) is 0 Å². The van der Waals surface area contributed by atoms with Gasteiger partial charge in [-0.05, 0) is 43.2 Å². The zero-order valence-electron chi connectivity index (χ0n) is 13.1. The lowest BCUT2D eigenvalue weighted by molar-refractivity contribution is 0.0537. The van der Waals surface area contributed by atoms with Crippen molar-refractivity contribution < 1.29 is 18.0 Å². The van der Waals surface area contributed by atoms with E-state index in [1.54, 1.807) is 25.1 Å². The summed E-state index contributed by atoms with van der Waals surface area (Å²) in [6, 6.07) is 11.4. The fourth-order valence-electron chi connectivity index (χ4n) is 2.05. The number of carbonyl (C=O) groups is 1. The molecule has 2 aromatic rings. The van der Waals surface area contributed by atoms with Gasteiger partial charge < -0.3 is 0 Å². The number of hydrogen-bond acceptors (Lipinski definition) is 4. The molecule has 6 nitrogen and oxygen atoms in total. The van der Waals surface area contributed by atoms with Crippen LogP contribution in [0.4, 0.5) is 5.69 Å². The molecule has 0 aliphatic heterocycles. The van der Waals surface area contributed by atoms with Crippen LogP contribution in [0.2, 0.25) is 0 Å². The van der Waals surface area contributed by atoms with Crippen molar-refractivity contribution in [3.8, 4) is 0 Å². The quantitative estimate of drug-likeness (QED) is 0.822. The van der Waals surface area contributed by atoms with Gasteiger partial charge in [0, 0.05) is 5.56 Å². The molecular formula is C16H18N2O4S. The average Bonchev–Trinajstić information content (AvgIpc) is 2.50. The van der Waals surface area contributed by atoms with Crippen LogP contribution < -0.4 is 10.2 Å². The summed E-state index contributed by atoms with van der Waals surface area (Å²) >= 11 is 0. The fourth-order valence-corrected chi connectivity index (χ4v) is 3.21. The maximum atomic E-state index is 12.5. The lowest BCUT2D eigenvalue weighted by atomic mass is 10.1. The molecular weight excluding hydrogens is 316 g/mol. The third-order valence-electron chi connectivity index (χ3n) is 3.35. The Labute approximate surface area is 135 Å². The standard InChI is InChI=1S/C16H18N2O4S/c1-11-8-9-13(10-14(11)16(19)17-22-3)23(20,21)18-15-7-5-4-6-12(15)2/h4-10,18H,1-3H3,(H,17,19). The van der Waals surface area contributed by atoms with Crippen molar-refractivity contribution in [3.05, 3.63) is 59.2 Å². The van der Waals surface area contributed by atoms with Crippen molar-refractivity contribution in [2.45, 2.75) is 18.7 Å². The average molecular weight is 334 g/mol. The Bertz CT molecular complexity index is 832. The van der Waals surface area contributed by atoms with Gasteiger partial charge >= 0.3 is 0 Å². The summed E-state index contributed by atoms with van der Waals surface area (Å²) in [4.78, 5) is 16.5. The molecule has 0 aromatic heterocycles. The predicted molar refractivity (Wildman–Crippen MR) is 87.6 cm³/mol. The van der Waals surface area contributed by atoms with E-state index in [9.17, 15) is 13.2 Å². The predicted octanol–water partition coefficient (Wildman–Crippen LogP) is 2.40. The van der Waals surface area contributed by atoms with Crippen molar-refractivity contribution in [1.82, 2.24) is 5.48 Å². The van der Waals surface area contributed by atoms with Crippen molar-refractivity contribution in [3.63, 3.8) is 0 Å². The van der Waals surface area contributed by atoms with Crippen LogP contribution in [-0.2, 0) is 14.9 Å². The minimum absolute atomic E-state index is 0.00704. The van der Waals surface area contributed by atoms with Gasteiger partial charge in [-0.25, -0.2) is 13.9 Å². The van der Waals surface area contributed by atoms with E-state index in [1.165, 1.54) is 19.2 Å². The topological polar surface area (TPSA) is 84.5 Å². The molecule has 2 aromatic carbocycles. The summed E-state index contributed by atoms with van der Waals surface area (Å²) in [6.07, 6.45) is 0. The molecule has 2 rings (SSSR count). The van der Waals surface area contributed by atoms with Crippen LogP contribution in [0, 0.1) is 13.8 Å². The second-order valence-electron chi connectivity index (χ2n) is 5.03. The first-order valence-electron chi connectivity index (χ1n) is 6.87. The molecule has 0 saturated heterocycles. The molecule has 0 heterocycles. The van der Waals surface area contributed by atoms with E-state index in [-0.39, 0.29) is 10.5 Å². The monoisotopic (exact) mass is 334 g/mol. The minimum atomic E-state index is -3.79. The van der Waals surface area contributed by atoms with Crippen molar-refractivity contribution in [2.24, 2.45) is 0 Å². The second kappa shape index (κ2) is 6.80. The molecule has 0 saturated carbocycles. The summed E-state index contributed by atoms with van der Waals surface area (Å²) in [5, 5.41) is 0. The van der Waals surface area contributed by atoms with Gasteiger partial charge in [0.05, 0.1) is 17.7 Å². The molecule has 122 valence electrons. The van der Waals surface area contributed by atoms with Crippen LogP contribution in [0.1, 0.15) is 21.5 Å². The third kappa shape index (κ3) is 3.88. The normalized spacial score (nSPS) is 11.1. The SMILES string of the molecule is CONC(=O)c1cc(S(=O)(=O)Nc2ccccc2C)ccc1C. The number of benzene rings is 2. The molecule has 0 aliphatic carbocycles. The van der Waals surface area contributed by atoms with Gasteiger partial charge in [0.1, 0.15) is 0 Å². The Morgan fingerprint density at radius 1 is 1.04 bits per heavy atom. The molecule has 0 bridgehead atoms. The number of hydroxylamine groups is 1. The number of nitrogens with one attached hydrogen (secondary N) is 2. The Kier molecular flexibility index (Phi) is 5.02. The molecule has 1 amide bonds. The summed E-state index contributed by atoms with van der Waals surface area (Å²) in [6.45, 7) is 3.53. The zero-order chi connectivity index (χ0) is 17.0. The number of para-hydroxylation sites is 1. The number of carbonyl (C=O) groups excluding carboxylic acids is 1. The minimum Gasteiger partial charge on any atom is -0.279 e. The Morgan fingerprint density at radius 3 is 2.39 bits per heavy atom. The number of anilines is 1. The summed E-state index contributed by atoms with van der Waals surface area (Å²) in [5.74, 6) is -0.502. The number of rotatable bonds is 5. The van der Waals surface area contributed by atoms with Crippen LogP contribution in [-0.4, -0.2) is 21.4 Å². The van der Waals surface area contributed by atoms with Gasteiger partial charge in [-0.3, -0.25) is 14.4 Å². The third-order valence-corrected chi connectivity index (χ3v) is 4.71. The van der Waals surface area contributed by atoms with Gasteiger partial charge in [0.25, 0.3) is 15.9 Å². The number of aryl methyl sites for hydroxylation is 2. The van der Waals surface area contributed by atoms with Crippen LogP contribution in [0.3, 0.4) is 0 Å². The Morgan fingerprint density at radius 2 is 1.74 bits per heavy atom. The lowest BCUT2D eigenvalue weighted by Gasteiger charge is -2.12. The molecule has 2 N–H and O–H groups in total. The van der Waals surface area contributed by atoms with Crippen molar-refractivity contribution >= 4 is 21.6 Å². The molecule has 7 heteroatoms. The van der Waals surface area contributed by atoms with E-state index in [4.69, 9.17) is 0 Å². The number of amides is 1. The molecule has 0 spiro atoms. The van der Waals surface area contributed by atoms with E-state index in [0.717, 1.165) is 5.56 Å². The fraction of sp³-hybridized carbons (Fsp3) is 0.188. The number of sulfonamides is 1. The Balaban J connectivity index is 2.39. The lowest BCUT2D eigenvalue weighted by Crippen LogP contribution is -2.23. The molecule has 0 fully saturated rings. The van der Waals surface area contributed by atoms with Crippen LogP contribution in [0.15, 0.2) is 47.4 Å². The maximum Gasteiger partial charge on any atom is 0.275 e. The van der Waals surface area contributed by atoms with Crippen LogP contribution in [0.5, 0.6) is 0 Å². The van der Waals surface area contributed by atoms with Crippen molar-refractivity contribution in [1.29, 1.82) is 0 Å². The van der Waals surface area contributed by atoms with Crippen LogP contribution in [0.25, 0.3) is 0 Å². The van der Waals surface area contributed by atoms with Crippen LogP contribution >= 0.6 is 0 Å². The largest absolute Gasteiger partial charge is 0.279 e. The number of hydrogen-bond donors (Lipinski definition) is 2. The van der Waals surface area contributed by atoms with Gasteiger partial charge in [0.15, 0.2) is 0 Å². The molecule has 0 aliphatic rings. The van der Waals surface area contributed by atoms with E-state index in [1.807, 2.05) is 19.1 Å². The van der Waals surface area contributed by atoms with E-state index in [0.29, 0.717) is 11.3 Å². The van der Waals surface area contributed by atoms with E-state index in [2.05, 4.69) is 15.0 Å². The highest BCUT2D eigenvalue weighted by Gasteiger charge is 2.18. The zero-order valence-corrected chi connectivity index (χ0v) is 13.9. The second-order valence-corrected chi connectivity index (χ2v) is 6.71. The summed E-state index contributed by atoms with van der Waals surface area (Å²) in [5.41, 5.74) is 4.37. The first-order chi connectivity index (χ1) is 10.8. The summed E-state index contributed by atoms with van der Waals surface area (Å²) < 4.78 is 27.6. The van der Waals surface area contributed by atoms with Crippen molar-refractivity contribution in [2.75, 3.05) is 11.8 Å². The molecule has 0 unspecified atom stereocenters.